The van der Waals surface area contributed by atoms with Crippen LogP contribution in [-0.4, -0.2) is 43.8 Å². The Hall–Kier alpha value is -0.790. The van der Waals surface area contributed by atoms with Gasteiger partial charge in [-0.05, 0) is 24.3 Å². The van der Waals surface area contributed by atoms with Crippen LogP contribution in [0.25, 0.3) is 0 Å². The molecule has 0 saturated carbocycles. The molecule has 0 spiro atoms. The third-order valence-electron chi connectivity index (χ3n) is 3.45. The van der Waals surface area contributed by atoms with Crippen molar-refractivity contribution in [2.75, 3.05) is 35.2 Å². The van der Waals surface area contributed by atoms with Gasteiger partial charge in [0.15, 0.2) is 9.84 Å². The van der Waals surface area contributed by atoms with Gasteiger partial charge in [-0.25, -0.2) is 8.42 Å². The lowest BCUT2D eigenvalue weighted by molar-refractivity contribution is 0.597. The minimum Gasteiger partial charge on any atom is -0.389 e. The molecule has 0 amide bonds. The molecule has 1 aliphatic rings. The number of nitrogens with two attached hydrogens (primary N) is 1. The minimum atomic E-state index is -2.92. The highest BCUT2D eigenvalue weighted by molar-refractivity contribution is 7.99. The van der Waals surface area contributed by atoms with Crippen LogP contribution < -0.4 is 10.6 Å². The number of benzene rings is 1. The summed E-state index contributed by atoms with van der Waals surface area (Å²) in [7, 11) is -2.92. The van der Waals surface area contributed by atoms with E-state index in [4.69, 9.17) is 18.0 Å². The van der Waals surface area contributed by atoms with Crippen molar-refractivity contribution in [2.24, 2.45) is 5.73 Å². The van der Waals surface area contributed by atoms with E-state index >= 15 is 0 Å². The maximum absolute atomic E-state index is 11.8. The van der Waals surface area contributed by atoms with Gasteiger partial charge >= 0.3 is 0 Å². The highest BCUT2D eigenvalue weighted by Gasteiger charge is 2.22. The maximum Gasteiger partial charge on any atom is 0.152 e. The molecule has 2 N–H and O–H groups in total. The lowest BCUT2D eigenvalue weighted by Crippen LogP contribution is -2.29. The Labute approximate surface area is 136 Å². The summed E-state index contributed by atoms with van der Waals surface area (Å²) in [5.74, 6) is 1.39. The van der Waals surface area contributed by atoms with Crippen molar-refractivity contribution < 1.29 is 8.42 Å². The molecule has 7 heteroatoms. The third-order valence-corrected chi connectivity index (χ3v) is 6.31. The van der Waals surface area contributed by atoms with Crippen LogP contribution in [0.2, 0.25) is 0 Å². The average Bonchev–Trinajstić information content (AvgIpc) is 2.59. The molecule has 1 aliphatic heterocycles. The Balaban J connectivity index is 2.38. The molecule has 0 radical (unpaired) electrons. The van der Waals surface area contributed by atoms with Crippen molar-refractivity contribution in [3.05, 3.63) is 23.8 Å². The van der Waals surface area contributed by atoms with Crippen LogP contribution in [0.15, 0.2) is 23.1 Å². The molecule has 0 atom stereocenters. The Morgan fingerprint density at radius 2 is 2.14 bits per heavy atom. The molecule has 0 aliphatic carbocycles. The van der Waals surface area contributed by atoms with Gasteiger partial charge in [-0.1, -0.05) is 25.2 Å². The Morgan fingerprint density at radius 1 is 1.38 bits per heavy atom. The number of anilines is 1. The van der Waals surface area contributed by atoms with E-state index in [-0.39, 0.29) is 11.5 Å². The standard InChI is InChI=1S/C14H20N2O2S3/c1-2-20-12-6-3-5-11(13(12)14(15)19)16-7-4-9-21(17,18)10-8-16/h3,5-6H,2,4,7-10H2,1H3,(H2,15,19). The van der Waals surface area contributed by atoms with E-state index in [0.717, 1.165) is 28.4 Å². The number of thioether (sulfide) groups is 1. The molecule has 4 nitrogen and oxygen atoms in total. The number of thiocarbonyl (C=S) groups is 1. The molecule has 0 unspecified atom stereocenters. The molecule has 1 aromatic carbocycles. The quantitative estimate of drug-likeness (QED) is 0.666. The van der Waals surface area contributed by atoms with Gasteiger partial charge in [0.1, 0.15) is 4.99 Å². The first-order valence-corrected chi connectivity index (χ1v) is 10.2. The maximum atomic E-state index is 11.8. The lowest BCUT2D eigenvalue weighted by Gasteiger charge is -2.26. The van der Waals surface area contributed by atoms with Gasteiger partial charge in [0, 0.05) is 29.2 Å². The third kappa shape index (κ3) is 4.11. The van der Waals surface area contributed by atoms with Gasteiger partial charge in [-0.3, -0.25) is 0 Å². The predicted octanol–water partition coefficient (Wildman–Crippen LogP) is 2.06. The first-order valence-electron chi connectivity index (χ1n) is 6.95. The van der Waals surface area contributed by atoms with E-state index < -0.39 is 9.84 Å². The first kappa shape index (κ1) is 16.6. The van der Waals surface area contributed by atoms with Crippen LogP contribution in [0.1, 0.15) is 18.9 Å². The monoisotopic (exact) mass is 344 g/mol. The summed E-state index contributed by atoms with van der Waals surface area (Å²) in [5.41, 5.74) is 7.75. The molecule has 1 fully saturated rings. The molecule has 0 aromatic heterocycles. The molecule has 116 valence electrons. The van der Waals surface area contributed by atoms with Crippen molar-refractivity contribution >= 4 is 44.5 Å². The number of sulfone groups is 1. The van der Waals surface area contributed by atoms with Crippen molar-refractivity contribution in [1.82, 2.24) is 0 Å². The van der Waals surface area contributed by atoms with Gasteiger partial charge in [-0.15, -0.1) is 11.8 Å². The fourth-order valence-electron chi connectivity index (χ4n) is 2.49. The number of hydrogen-bond acceptors (Lipinski definition) is 5. The van der Waals surface area contributed by atoms with Gasteiger partial charge in [0.2, 0.25) is 0 Å². The van der Waals surface area contributed by atoms with Gasteiger partial charge in [0.25, 0.3) is 0 Å². The summed E-state index contributed by atoms with van der Waals surface area (Å²) < 4.78 is 23.5. The second-order valence-corrected chi connectivity index (χ2v) is 8.99. The van der Waals surface area contributed by atoms with Gasteiger partial charge in [-0.2, -0.15) is 0 Å². The summed E-state index contributed by atoms with van der Waals surface area (Å²) in [6.07, 6.45) is 0.643. The van der Waals surface area contributed by atoms with Crippen molar-refractivity contribution in [3.63, 3.8) is 0 Å². The van der Waals surface area contributed by atoms with E-state index in [1.165, 1.54) is 0 Å². The van der Waals surface area contributed by atoms with Crippen molar-refractivity contribution in [1.29, 1.82) is 0 Å². The average molecular weight is 345 g/mol. The highest BCUT2D eigenvalue weighted by Crippen LogP contribution is 2.31. The number of hydrogen-bond donors (Lipinski definition) is 1. The molecule has 1 heterocycles. The number of nitrogens with zero attached hydrogens (tertiary/aromatic N) is 1. The second kappa shape index (κ2) is 6.98. The van der Waals surface area contributed by atoms with Crippen LogP contribution >= 0.6 is 24.0 Å². The largest absolute Gasteiger partial charge is 0.389 e. The Kier molecular flexibility index (Phi) is 5.51. The molecule has 1 saturated heterocycles. The molecule has 21 heavy (non-hydrogen) atoms. The van der Waals surface area contributed by atoms with E-state index in [2.05, 4.69) is 11.8 Å². The van der Waals surface area contributed by atoms with Crippen molar-refractivity contribution in [2.45, 2.75) is 18.2 Å². The van der Waals surface area contributed by atoms with E-state index in [9.17, 15) is 8.42 Å². The Bertz CT molecular complexity index is 629. The fraction of sp³-hybridized carbons (Fsp3) is 0.500. The molecule has 0 bridgehead atoms. The van der Waals surface area contributed by atoms with Crippen molar-refractivity contribution in [3.8, 4) is 0 Å². The van der Waals surface area contributed by atoms with Crippen LogP contribution in [0.3, 0.4) is 0 Å². The van der Waals surface area contributed by atoms with Crippen LogP contribution in [0, 0.1) is 0 Å². The van der Waals surface area contributed by atoms with E-state index in [0.29, 0.717) is 18.0 Å². The molecule has 1 aromatic rings. The van der Waals surface area contributed by atoms with Crippen LogP contribution in [-0.2, 0) is 9.84 Å². The van der Waals surface area contributed by atoms with E-state index in [1.807, 2.05) is 18.2 Å². The highest BCUT2D eigenvalue weighted by atomic mass is 32.2. The smallest absolute Gasteiger partial charge is 0.152 e. The molecule has 2 rings (SSSR count). The molecular weight excluding hydrogens is 324 g/mol. The van der Waals surface area contributed by atoms with Crippen LogP contribution in [0.4, 0.5) is 5.69 Å². The first-order chi connectivity index (χ1) is 9.94. The zero-order valence-corrected chi connectivity index (χ0v) is 14.5. The Morgan fingerprint density at radius 3 is 2.81 bits per heavy atom. The zero-order valence-electron chi connectivity index (χ0n) is 12.0. The summed E-state index contributed by atoms with van der Waals surface area (Å²) in [4.78, 5) is 3.53. The van der Waals surface area contributed by atoms with Gasteiger partial charge < -0.3 is 10.6 Å². The zero-order chi connectivity index (χ0) is 15.5. The topological polar surface area (TPSA) is 63.4 Å². The lowest BCUT2D eigenvalue weighted by atomic mass is 10.1. The second-order valence-electron chi connectivity index (χ2n) is 4.94. The fourth-order valence-corrected chi connectivity index (χ4v) is 4.88. The summed E-state index contributed by atoms with van der Waals surface area (Å²) in [6, 6.07) is 5.97. The number of rotatable bonds is 4. The SMILES string of the molecule is CCSc1cccc(N2CCCS(=O)(=O)CC2)c1C(N)=S. The summed E-state index contributed by atoms with van der Waals surface area (Å²) >= 11 is 6.92. The van der Waals surface area contributed by atoms with Crippen LogP contribution in [0.5, 0.6) is 0 Å². The summed E-state index contributed by atoms with van der Waals surface area (Å²) in [5, 5.41) is 0. The molecular formula is C14H20N2O2S3. The minimum absolute atomic E-state index is 0.189. The van der Waals surface area contributed by atoms with Gasteiger partial charge in [0.05, 0.1) is 11.5 Å². The summed E-state index contributed by atoms with van der Waals surface area (Å²) in [6.45, 7) is 3.30. The predicted molar refractivity (Wildman–Crippen MR) is 94.2 cm³/mol. The normalized spacial score (nSPS) is 18.2. The van der Waals surface area contributed by atoms with E-state index in [1.54, 1.807) is 11.8 Å².